The summed E-state index contributed by atoms with van der Waals surface area (Å²) in [6, 6.07) is 5.99. The minimum absolute atomic E-state index is 0.187. The molecule has 3 N–H and O–H groups in total. The molecule has 0 fully saturated rings. The second-order valence-electron chi connectivity index (χ2n) is 5.92. The smallest absolute Gasteiger partial charge is 0.251 e. The van der Waals surface area contributed by atoms with E-state index in [1.54, 1.807) is 12.1 Å². The van der Waals surface area contributed by atoms with E-state index in [-0.39, 0.29) is 17.5 Å². The van der Waals surface area contributed by atoms with Crippen molar-refractivity contribution in [3.63, 3.8) is 0 Å². The Bertz CT molecular complexity index is 787. The van der Waals surface area contributed by atoms with Gasteiger partial charge in [0.1, 0.15) is 10.8 Å². The van der Waals surface area contributed by atoms with Crippen LogP contribution in [-0.2, 0) is 17.6 Å². The minimum Gasteiger partial charge on any atom is -0.365 e. The second kappa shape index (κ2) is 8.01. The number of fused-ring (bicyclic) bond motifs is 1. The molecule has 0 saturated carbocycles. The summed E-state index contributed by atoms with van der Waals surface area (Å²) < 4.78 is 12.9. The molecule has 0 radical (unpaired) electrons. The van der Waals surface area contributed by atoms with E-state index in [1.807, 2.05) is 0 Å². The van der Waals surface area contributed by atoms with Crippen LogP contribution in [0.5, 0.6) is 0 Å². The van der Waals surface area contributed by atoms with E-state index in [0.717, 1.165) is 47.4 Å². The van der Waals surface area contributed by atoms with Gasteiger partial charge in [0.15, 0.2) is 0 Å². The molecule has 1 aliphatic rings. The molecule has 2 amide bonds. The van der Waals surface area contributed by atoms with Gasteiger partial charge >= 0.3 is 0 Å². The number of aryl methyl sites for hydroxylation is 1. The fraction of sp³-hybridized carbons (Fsp3) is 0.333. The standard InChI is InChI=1S/C18H19FN2O2S2/c19-11-6-8-12(9-7-11)24-10-15(22)21-18-16(17(20)23)13-4-2-1-3-5-14(13)25-18/h6-9H,1-5,10H2,(H2,20,23)(H,21,22). The van der Waals surface area contributed by atoms with Crippen LogP contribution < -0.4 is 11.1 Å². The molecule has 25 heavy (non-hydrogen) atoms. The molecule has 1 aliphatic carbocycles. The van der Waals surface area contributed by atoms with E-state index in [4.69, 9.17) is 5.73 Å². The normalized spacial score (nSPS) is 13.8. The number of hydrogen-bond donors (Lipinski definition) is 2. The van der Waals surface area contributed by atoms with Gasteiger partial charge in [-0.25, -0.2) is 4.39 Å². The number of thiophene rings is 1. The number of rotatable bonds is 5. The van der Waals surface area contributed by atoms with Gasteiger partial charge < -0.3 is 11.1 Å². The maximum atomic E-state index is 12.9. The molecule has 0 bridgehead atoms. The lowest BCUT2D eigenvalue weighted by Crippen LogP contribution is -2.19. The van der Waals surface area contributed by atoms with Crippen LogP contribution in [0.2, 0.25) is 0 Å². The third kappa shape index (κ3) is 4.41. The Labute approximate surface area is 154 Å². The number of carbonyl (C=O) groups excluding carboxylic acids is 2. The first-order chi connectivity index (χ1) is 12.0. The number of carbonyl (C=O) groups is 2. The van der Waals surface area contributed by atoms with Gasteiger partial charge in [0.25, 0.3) is 5.91 Å². The summed E-state index contributed by atoms with van der Waals surface area (Å²) in [5.74, 6) is -0.805. The lowest BCUT2D eigenvalue weighted by atomic mass is 10.1. The summed E-state index contributed by atoms with van der Waals surface area (Å²) in [5.41, 5.74) is 7.05. The first-order valence-corrected chi connectivity index (χ1v) is 9.97. The van der Waals surface area contributed by atoms with E-state index in [0.29, 0.717) is 10.6 Å². The monoisotopic (exact) mass is 378 g/mol. The fourth-order valence-corrected chi connectivity index (χ4v) is 4.94. The molecule has 1 aromatic heterocycles. The second-order valence-corrected chi connectivity index (χ2v) is 8.08. The summed E-state index contributed by atoms with van der Waals surface area (Å²) in [6.45, 7) is 0. The molecule has 2 aromatic rings. The Morgan fingerprint density at radius 1 is 1.16 bits per heavy atom. The highest BCUT2D eigenvalue weighted by molar-refractivity contribution is 8.00. The number of primary amides is 1. The Morgan fingerprint density at radius 3 is 2.60 bits per heavy atom. The molecule has 0 spiro atoms. The van der Waals surface area contributed by atoms with Crippen LogP contribution in [0, 0.1) is 5.82 Å². The van der Waals surface area contributed by atoms with E-state index in [2.05, 4.69) is 5.32 Å². The van der Waals surface area contributed by atoms with E-state index in [9.17, 15) is 14.0 Å². The maximum absolute atomic E-state index is 12.9. The quantitative estimate of drug-likeness (QED) is 0.610. The summed E-state index contributed by atoms with van der Waals surface area (Å²) in [4.78, 5) is 26.1. The number of benzene rings is 1. The van der Waals surface area contributed by atoms with Crippen LogP contribution in [0.1, 0.15) is 40.1 Å². The largest absolute Gasteiger partial charge is 0.365 e. The van der Waals surface area contributed by atoms with E-state index < -0.39 is 5.91 Å². The molecule has 7 heteroatoms. The Morgan fingerprint density at radius 2 is 1.88 bits per heavy atom. The molecule has 4 nitrogen and oxygen atoms in total. The number of amides is 2. The van der Waals surface area contributed by atoms with Gasteiger partial charge in [-0.2, -0.15) is 0 Å². The van der Waals surface area contributed by atoms with Gasteiger partial charge in [-0.05, 0) is 55.5 Å². The predicted molar refractivity (Wildman–Crippen MR) is 99.8 cm³/mol. The molecular formula is C18H19FN2O2S2. The minimum atomic E-state index is -0.485. The van der Waals surface area contributed by atoms with Crippen LogP contribution in [-0.4, -0.2) is 17.6 Å². The summed E-state index contributed by atoms with van der Waals surface area (Å²) in [7, 11) is 0. The number of hydrogen-bond acceptors (Lipinski definition) is 4. The molecule has 0 atom stereocenters. The zero-order valence-corrected chi connectivity index (χ0v) is 15.3. The van der Waals surface area contributed by atoms with Gasteiger partial charge in [-0.15, -0.1) is 23.1 Å². The molecule has 1 heterocycles. The van der Waals surface area contributed by atoms with Gasteiger partial charge in [0.2, 0.25) is 5.91 Å². The van der Waals surface area contributed by atoms with E-state index >= 15 is 0 Å². The number of anilines is 1. The zero-order chi connectivity index (χ0) is 17.8. The molecule has 0 saturated heterocycles. The summed E-state index contributed by atoms with van der Waals surface area (Å²) in [6.07, 6.45) is 5.05. The van der Waals surface area contributed by atoms with Crippen molar-refractivity contribution in [1.29, 1.82) is 0 Å². The third-order valence-corrected chi connectivity index (χ3v) is 6.32. The van der Waals surface area contributed by atoms with Crippen molar-refractivity contribution in [2.24, 2.45) is 5.73 Å². The highest BCUT2D eigenvalue weighted by atomic mass is 32.2. The molecule has 3 rings (SSSR count). The van der Waals surface area contributed by atoms with Crippen molar-refractivity contribution >= 4 is 39.9 Å². The predicted octanol–water partition coefficient (Wildman–Crippen LogP) is 3.99. The van der Waals surface area contributed by atoms with Crippen LogP contribution in [0.4, 0.5) is 9.39 Å². The van der Waals surface area contributed by atoms with Gasteiger partial charge in [-0.1, -0.05) is 6.42 Å². The van der Waals surface area contributed by atoms with Crippen LogP contribution in [0.25, 0.3) is 0 Å². The van der Waals surface area contributed by atoms with Gasteiger partial charge in [0.05, 0.1) is 11.3 Å². The van der Waals surface area contributed by atoms with Crippen molar-refractivity contribution in [3.05, 3.63) is 46.1 Å². The van der Waals surface area contributed by atoms with Crippen molar-refractivity contribution < 1.29 is 14.0 Å². The molecule has 1 aromatic carbocycles. The summed E-state index contributed by atoms with van der Waals surface area (Å²) >= 11 is 2.78. The lowest BCUT2D eigenvalue weighted by molar-refractivity contribution is -0.113. The average molecular weight is 378 g/mol. The van der Waals surface area contributed by atoms with Crippen molar-refractivity contribution in [3.8, 4) is 0 Å². The Kier molecular flexibility index (Phi) is 5.75. The van der Waals surface area contributed by atoms with E-state index in [1.165, 1.54) is 35.2 Å². The van der Waals surface area contributed by atoms with Crippen LogP contribution in [0.3, 0.4) is 0 Å². The van der Waals surface area contributed by atoms with Gasteiger partial charge in [0, 0.05) is 9.77 Å². The number of halogens is 1. The number of nitrogens with two attached hydrogens (primary N) is 1. The maximum Gasteiger partial charge on any atom is 0.251 e. The summed E-state index contributed by atoms with van der Waals surface area (Å²) in [5, 5.41) is 3.39. The number of nitrogens with one attached hydrogen (secondary N) is 1. The number of thioether (sulfide) groups is 1. The highest BCUT2D eigenvalue weighted by Gasteiger charge is 2.24. The molecule has 0 aliphatic heterocycles. The van der Waals surface area contributed by atoms with Crippen molar-refractivity contribution in [2.75, 3.05) is 11.1 Å². The van der Waals surface area contributed by atoms with Crippen LogP contribution >= 0.6 is 23.1 Å². The Hall–Kier alpha value is -1.86. The Balaban J connectivity index is 1.70. The van der Waals surface area contributed by atoms with Crippen molar-refractivity contribution in [2.45, 2.75) is 37.0 Å². The fourth-order valence-electron chi connectivity index (χ4n) is 2.93. The van der Waals surface area contributed by atoms with Crippen LogP contribution in [0.15, 0.2) is 29.2 Å². The lowest BCUT2D eigenvalue weighted by Gasteiger charge is -2.06. The molecular weight excluding hydrogens is 359 g/mol. The topological polar surface area (TPSA) is 72.2 Å². The SMILES string of the molecule is NC(=O)c1c(NC(=O)CSc2ccc(F)cc2)sc2c1CCCCC2. The highest BCUT2D eigenvalue weighted by Crippen LogP contribution is 2.37. The molecule has 0 unspecified atom stereocenters. The molecule has 132 valence electrons. The zero-order valence-electron chi connectivity index (χ0n) is 13.6. The average Bonchev–Trinajstić information content (AvgIpc) is 2.75. The first-order valence-electron chi connectivity index (χ1n) is 8.17. The van der Waals surface area contributed by atoms with Gasteiger partial charge in [-0.3, -0.25) is 9.59 Å². The van der Waals surface area contributed by atoms with Crippen molar-refractivity contribution in [1.82, 2.24) is 0 Å². The first kappa shape index (κ1) is 17.9. The third-order valence-electron chi connectivity index (χ3n) is 4.10.